The highest BCUT2D eigenvalue weighted by Gasteiger charge is 2.13. The second kappa shape index (κ2) is 6.24. The van der Waals surface area contributed by atoms with Crippen molar-refractivity contribution < 1.29 is 4.79 Å². The summed E-state index contributed by atoms with van der Waals surface area (Å²) in [4.78, 5) is 14.1. The summed E-state index contributed by atoms with van der Waals surface area (Å²) >= 11 is 0. The lowest BCUT2D eigenvalue weighted by atomic mass is 10.1. The Hall–Kier alpha value is -2.29. The number of anilines is 2. The predicted octanol–water partition coefficient (Wildman–Crippen LogP) is 3.70. The molecule has 1 amide bonds. The van der Waals surface area contributed by atoms with Crippen LogP contribution in [0, 0.1) is 6.92 Å². The van der Waals surface area contributed by atoms with Crippen molar-refractivity contribution in [3.05, 3.63) is 59.7 Å². The lowest BCUT2D eigenvalue weighted by Gasteiger charge is -2.18. The Morgan fingerprint density at radius 3 is 2.45 bits per heavy atom. The zero-order chi connectivity index (χ0) is 14.5. The van der Waals surface area contributed by atoms with Crippen molar-refractivity contribution in [1.82, 2.24) is 0 Å². The maximum absolute atomic E-state index is 12.5. The van der Waals surface area contributed by atoms with Gasteiger partial charge in [0.25, 0.3) is 5.91 Å². The van der Waals surface area contributed by atoms with E-state index >= 15 is 0 Å². The van der Waals surface area contributed by atoms with Crippen LogP contribution in [0.5, 0.6) is 0 Å². The van der Waals surface area contributed by atoms with Crippen LogP contribution >= 0.6 is 0 Å². The van der Waals surface area contributed by atoms with Crippen molar-refractivity contribution in [2.24, 2.45) is 0 Å². The van der Waals surface area contributed by atoms with E-state index in [0.29, 0.717) is 5.56 Å². The van der Waals surface area contributed by atoms with E-state index in [0.717, 1.165) is 23.5 Å². The highest BCUT2D eigenvalue weighted by atomic mass is 16.2. The molecular weight excluding hydrogens is 248 g/mol. The molecule has 2 aromatic carbocycles. The van der Waals surface area contributed by atoms with Gasteiger partial charge in [0.1, 0.15) is 0 Å². The molecule has 0 aromatic heterocycles. The fraction of sp³-hybridized carbons (Fsp3) is 0.235. The predicted molar refractivity (Wildman–Crippen MR) is 84.5 cm³/mol. The van der Waals surface area contributed by atoms with Crippen LogP contribution in [-0.4, -0.2) is 19.5 Å². The molecule has 3 heteroatoms. The summed E-state index contributed by atoms with van der Waals surface area (Å²) < 4.78 is 0. The first-order valence-electron chi connectivity index (χ1n) is 6.81. The van der Waals surface area contributed by atoms with E-state index in [1.54, 1.807) is 11.9 Å². The van der Waals surface area contributed by atoms with Crippen molar-refractivity contribution >= 4 is 17.3 Å². The third kappa shape index (κ3) is 2.99. The van der Waals surface area contributed by atoms with E-state index < -0.39 is 0 Å². The van der Waals surface area contributed by atoms with Gasteiger partial charge in [-0.05, 0) is 49.7 Å². The molecule has 0 atom stereocenters. The number of nitrogens with zero attached hydrogens (tertiary/aromatic N) is 1. The van der Waals surface area contributed by atoms with Gasteiger partial charge in [-0.2, -0.15) is 0 Å². The monoisotopic (exact) mass is 268 g/mol. The van der Waals surface area contributed by atoms with Crippen LogP contribution in [0.1, 0.15) is 22.8 Å². The van der Waals surface area contributed by atoms with Gasteiger partial charge in [0.05, 0.1) is 0 Å². The Labute approximate surface area is 120 Å². The number of hydrogen-bond donors (Lipinski definition) is 1. The van der Waals surface area contributed by atoms with Crippen LogP contribution in [0.3, 0.4) is 0 Å². The van der Waals surface area contributed by atoms with Crippen LogP contribution < -0.4 is 10.2 Å². The standard InChI is InChI=1S/C17H20N2O/c1-4-18-16-11-10-14(12-13(16)2)17(20)19(3)15-8-6-5-7-9-15/h5-12,18H,4H2,1-3H3. The Morgan fingerprint density at radius 2 is 1.85 bits per heavy atom. The summed E-state index contributed by atoms with van der Waals surface area (Å²) in [6, 6.07) is 15.4. The van der Waals surface area contributed by atoms with Gasteiger partial charge in [-0.3, -0.25) is 4.79 Å². The molecule has 0 bridgehead atoms. The summed E-state index contributed by atoms with van der Waals surface area (Å²) in [6.45, 7) is 4.94. The molecule has 0 fully saturated rings. The van der Waals surface area contributed by atoms with Crippen molar-refractivity contribution in [2.75, 3.05) is 23.8 Å². The van der Waals surface area contributed by atoms with Crippen molar-refractivity contribution in [2.45, 2.75) is 13.8 Å². The number of amides is 1. The zero-order valence-corrected chi connectivity index (χ0v) is 12.2. The number of para-hydroxylation sites is 1. The van der Waals surface area contributed by atoms with Gasteiger partial charge in [0, 0.05) is 30.5 Å². The second-order valence-corrected chi connectivity index (χ2v) is 4.76. The number of rotatable bonds is 4. The van der Waals surface area contributed by atoms with Gasteiger partial charge in [-0.25, -0.2) is 0 Å². The molecule has 0 saturated heterocycles. The first-order valence-corrected chi connectivity index (χ1v) is 6.81. The smallest absolute Gasteiger partial charge is 0.258 e. The number of benzene rings is 2. The Morgan fingerprint density at radius 1 is 1.15 bits per heavy atom. The lowest BCUT2D eigenvalue weighted by Crippen LogP contribution is -2.26. The topological polar surface area (TPSA) is 32.3 Å². The molecule has 2 rings (SSSR count). The third-order valence-electron chi connectivity index (χ3n) is 3.29. The molecule has 0 unspecified atom stereocenters. The average molecular weight is 268 g/mol. The van der Waals surface area contributed by atoms with Gasteiger partial charge in [-0.15, -0.1) is 0 Å². The number of hydrogen-bond acceptors (Lipinski definition) is 2. The quantitative estimate of drug-likeness (QED) is 0.917. The highest BCUT2D eigenvalue weighted by Crippen LogP contribution is 2.19. The second-order valence-electron chi connectivity index (χ2n) is 4.76. The van der Waals surface area contributed by atoms with Crippen LogP contribution in [0.4, 0.5) is 11.4 Å². The number of carbonyl (C=O) groups is 1. The van der Waals surface area contributed by atoms with Crippen LogP contribution in [-0.2, 0) is 0 Å². The Bertz CT molecular complexity index is 593. The fourth-order valence-corrected chi connectivity index (χ4v) is 2.15. The molecule has 0 heterocycles. The minimum atomic E-state index is 0.00217. The molecule has 2 aromatic rings. The van der Waals surface area contributed by atoms with Crippen molar-refractivity contribution in [3.8, 4) is 0 Å². The Kier molecular flexibility index (Phi) is 4.41. The minimum Gasteiger partial charge on any atom is -0.385 e. The molecule has 0 radical (unpaired) electrons. The summed E-state index contributed by atoms with van der Waals surface area (Å²) in [5, 5.41) is 3.28. The third-order valence-corrected chi connectivity index (χ3v) is 3.29. The van der Waals surface area contributed by atoms with Gasteiger partial charge < -0.3 is 10.2 Å². The summed E-state index contributed by atoms with van der Waals surface area (Å²) in [5.41, 5.74) is 3.76. The molecule has 0 aliphatic heterocycles. The van der Waals surface area contributed by atoms with Gasteiger partial charge >= 0.3 is 0 Å². The van der Waals surface area contributed by atoms with E-state index in [1.165, 1.54) is 0 Å². The zero-order valence-electron chi connectivity index (χ0n) is 12.2. The van der Waals surface area contributed by atoms with Crippen LogP contribution in [0.15, 0.2) is 48.5 Å². The number of carbonyl (C=O) groups excluding carboxylic acids is 1. The molecule has 0 saturated carbocycles. The van der Waals surface area contributed by atoms with Gasteiger partial charge in [-0.1, -0.05) is 18.2 Å². The normalized spacial score (nSPS) is 10.2. The lowest BCUT2D eigenvalue weighted by molar-refractivity contribution is 0.0993. The molecule has 104 valence electrons. The van der Waals surface area contributed by atoms with Crippen molar-refractivity contribution in [3.63, 3.8) is 0 Å². The molecule has 0 spiro atoms. The molecule has 20 heavy (non-hydrogen) atoms. The largest absolute Gasteiger partial charge is 0.385 e. The summed E-state index contributed by atoms with van der Waals surface area (Å²) in [6.07, 6.45) is 0. The fourth-order valence-electron chi connectivity index (χ4n) is 2.15. The van der Waals surface area contributed by atoms with E-state index in [1.807, 2.05) is 55.5 Å². The van der Waals surface area contributed by atoms with E-state index in [4.69, 9.17) is 0 Å². The van der Waals surface area contributed by atoms with Gasteiger partial charge in [0.15, 0.2) is 0 Å². The first kappa shape index (κ1) is 14.1. The molecular formula is C17H20N2O. The maximum atomic E-state index is 12.5. The molecule has 0 aliphatic rings. The van der Waals surface area contributed by atoms with E-state index in [2.05, 4.69) is 12.2 Å². The van der Waals surface area contributed by atoms with Crippen LogP contribution in [0.25, 0.3) is 0 Å². The van der Waals surface area contributed by atoms with E-state index in [9.17, 15) is 4.79 Å². The molecule has 3 nitrogen and oxygen atoms in total. The van der Waals surface area contributed by atoms with Crippen molar-refractivity contribution in [1.29, 1.82) is 0 Å². The van der Waals surface area contributed by atoms with Gasteiger partial charge in [0.2, 0.25) is 0 Å². The number of nitrogens with one attached hydrogen (secondary N) is 1. The van der Waals surface area contributed by atoms with E-state index in [-0.39, 0.29) is 5.91 Å². The average Bonchev–Trinajstić information content (AvgIpc) is 2.49. The molecule has 1 N–H and O–H groups in total. The molecule has 0 aliphatic carbocycles. The Balaban J connectivity index is 2.23. The SMILES string of the molecule is CCNc1ccc(C(=O)N(C)c2ccccc2)cc1C. The van der Waals surface area contributed by atoms with Crippen LogP contribution in [0.2, 0.25) is 0 Å². The number of aryl methyl sites for hydroxylation is 1. The minimum absolute atomic E-state index is 0.00217. The first-order chi connectivity index (χ1) is 9.63. The maximum Gasteiger partial charge on any atom is 0.258 e. The summed E-state index contributed by atoms with van der Waals surface area (Å²) in [5.74, 6) is 0.00217. The highest BCUT2D eigenvalue weighted by molar-refractivity contribution is 6.06. The summed E-state index contributed by atoms with van der Waals surface area (Å²) in [7, 11) is 1.80.